The molecule has 1 aromatic heterocycles. The number of hydrogen-bond donors (Lipinski definition) is 0. The Labute approximate surface area is 204 Å². The van der Waals surface area contributed by atoms with E-state index in [1.807, 2.05) is 60.9 Å². The first-order chi connectivity index (χ1) is 16.8. The lowest BCUT2D eigenvalue weighted by Gasteiger charge is -2.19. The summed E-state index contributed by atoms with van der Waals surface area (Å²) < 4.78 is 6.25. The molecule has 3 heteroatoms. The third kappa shape index (κ3) is 4.95. The van der Waals surface area contributed by atoms with Gasteiger partial charge in [-0.15, -0.1) is 0 Å². The van der Waals surface area contributed by atoms with Crippen molar-refractivity contribution in [1.29, 1.82) is 0 Å². The van der Waals surface area contributed by atoms with Crippen LogP contribution in [0.5, 0.6) is 0 Å². The molecule has 0 N–H and O–H groups in total. The van der Waals surface area contributed by atoms with Gasteiger partial charge < -0.3 is 4.42 Å². The minimum atomic E-state index is -0.387. The number of fused-ring (bicyclic) bond motifs is 1. The minimum Gasteiger partial charge on any atom is -0.463 e. The Hall–Kier alpha value is -3.30. The first-order valence-corrected chi connectivity index (χ1v) is 13.4. The maximum absolute atomic E-state index is 14.1. The summed E-state index contributed by atoms with van der Waals surface area (Å²) in [6, 6.07) is 30.5. The highest BCUT2D eigenvalue weighted by Gasteiger charge is 2.44. The van der Waals surface area contributed by atoms with Crippen LogP contribution in [0.4, 0.5) is 0 Å². The molecule has 3 aromatic carbocycles. The summed E-state index contributed by atoms with van der Waals surface area (Å²) in [4.78, 5) is 15.3. The first-order valence-electron chi connectivity index (χ1n) is 12.0. The molecule has 2 atom stereocenters. The van der Waals surface area contributed by atoms with Gasteiger partial charge in [0.2, 0.25) is 11.0 Å². The van der Waals surface area contributed by atoms with Crippen molar-refractivity contribution in [3.63, 3.8) is 0 Å². The van der Waals surface area contributed by atoms with Crippen LogP contribution >= 0.6 is 0 Å². The zero-order valence-electron chi connectivity index (χ0n) is 19.2. The zero-order chi connectivity index (χ0) is 23.2. The maximum Gasteiger partial charge on any atom is 0.243 e. The van der Waals surface area contributed by atoms with E-state index >= 15 is 0 Å². The summed E-state index contributed by atoms with van der Waals surface area (Å²) >= 11 is 0. The quantitative estimate of drug-likeness (QED) is 0.199. The smallest absolute Gasteiger partial charge is 0.243 e. The number of Topliss-reactive ketones (excluding diaryl/α,β-unsaturated/α-hetero) is 1. The number of carbonyl (C=O) groups excluding carboxylic acids is 1. The summed E-state index contributed by atoms with van der Waals surface area (Å²) in [5.74, 6) is 1.80. The van der Waals surface area contributed by atoms with Gasteiger partial charge in [0.15, 0.2) is 10.7 Å². The van der Waals surface area contributed by atoms with Crippen LogP contribution in [0.25, 0.3) is 6.08 Å². The largest absolute Gasteiger partial charge is 0.463 e. The molecule has 0 bridgehead atoms. The molecule has 0 spiro atoms. The number of benzene rings is 3. The van der Waals surface area contributed by atoms with Crippen LogP contribution < -0.4 is 0 Å². The molecular weight excluding hydrogens is 436 g/mol. The van der Waals surface area contributed by atoms with Gasteiger partial charge in [0, 0.05) is 22.0 Å². The van der Waals surface area contributed by atoms with Crippen molar-refractivity contribution in [2.45, 2.75) is 35.8 Å². The van der Waals surface area contributed by atoms with Crippen LogP contribution in [0.1, 0.15) is 50.9 Å². The number of furan rings is 1. The van der Waals surface area contributed by atoms with Gasteiger partial charge in [0.25, 0.3) is 0 Å². The second-order valence-corrected chi connectivity index (χ2v) is 10.8. The molecule has 0 radical (unpaired) electrons. The summed E-state index contributed by atoms with van der Waals surface area (Å²) in [5.41, 5.74) is 4.46. The van der Waals surface area contributed by atoms with Gasteiger partial charge in [-0.1, -0.05) is 84.9 Å². The summed E-state index contributed by atoms with van der Waals surface area (Å²) in [7, 11) is -0.387. The average Bonchev–Trinajstić information content (AvgIpc) is 3.33. The van der Waals surface area contributed by atoms with Crippen molar-refractivity contribution < 1.29 is 9.21 Å². The molecule has 34 heavy (non-hydrogen) atoms. The van der Waals surface area contributed by atoms with Crippen LogP contribution in [0.2, 0.25) is 0 Å². The fraction of sp³-hybridized carbons (Fsp3) is 0.194. The van der Waals surface area contributed by atoms with Gasteiger partial charge in [0.05, 0.1) is 6.26 Å². The second-order valence-electron chi connectivity index (χ2n) is 8.64. The Balaban J connectivity index is 1.58. The van der Waals surface area contributed by atoms with E-state index in [1.54, 1.807) is 0 Å². The van der Waals surface area contributed by atoms with Crippen molar-refractivity contribution in [3.8, 4) is 0 Å². The minimum absolute atomic E-state index is 0.142. The molecular formula is C31H29O2S+. The molecule has 170 valence electrons. The lowest BCUT2D eigenvalue weighted by atomic mass is 9.92. The lowest BCUT2D eigenvalue weighted by Crippen LogP contribution is -2.26. The highest BCUT2D eigenvalue weighted by atomic mass is 32.2. The fourth-order valence-corrected chi connectivity index (χ4v) is 6.99. The SMILES string of the molecule is O=C(c1ccccc1)C(c1occ2c1CCCC2)[S+](C/C=C/c1ccccc1)c1ccccc1. The van der Waals surface area contributed by atoms with Crippen molar-refractivity contribution >= 4 is 22.8 Å². The van der Waals surface area contributed by atoms with E-state index in [0.717, 1.165) is 36.3 Å². The predicted molar refractivity (Wildman–Crippen MR) is 141 cm³/mol. The van der Waals surface area contributed by atoms with E-state index in [1.165, 1.54) is 28.0 Å². The van der Waals surface area contributed by atoms with Gasteiger partial charge in [0.1, 0.15) is 5.75 Å². The van der Waals surface area contributed by atoms with Crippen LogP contribution in [0.15, 0.2) is 113 Å². The monoisotopic (exact) mass is 465 g/mol. The average molecular weight is 466 g/mol. The van der Waals surface area contributed by atoms with Gasteiger partial charge >= 0.3 is 0 Å². The topological polar surface area (TPSA) is 30.2 Å². The van der Waals surface area contributed by atoms with E-state index < -0.39 is 0 Å². The normalized spacial score (nSPS) is 15.1. The number of aryl methyl sites for hydroxylation is 1. The summed E-state index contributed by atoms with van der Waals surface area (Å²) in [6.07, 6.45) is 10.6. The Morgan fingerprint density at radius 3 is 2.24 bits per heavy atom. The van der Waals surface area contributed by atoms with Crippen molar-refractivity contribution in [2.75, 3.05) is 5.75 Å². The Kier molecular flexibility index (Phi) is 7.11. The second kappa shape index (κ2) is 10.8. The van der Waals surface area contributed by atoms with E-state index in [-0.39, 0.29) is 21.9 Å². The van der Waals surface area contributed by atoms with E-state index in [4.69, 9.17) is 4.42 Å². The zero-order valence-corrected chi connectivity index (χ0v) is 20.0. The molecule has 0 saturated carbocycles. The van der Waals surface area contributed by atoms with E-state index in [2.05, 4.69) is 48.6 Å². The summed E-state index contributed by atoms with van der Waals surface area (Å²) in [6.45, 7) is 0. The predicted octanol–water partition coefficient (Wildman–Crippen LogP) is 7.47. The number of hydrogen-bond acceptors (Lipinski definition) is 2. The highest BCUT2D eigenvalue weighted by Crippen LogP contribution is 2.40. The van der Waals surface area contributed by atoms with Gasteiger partial charge in [-0.25, -0.2) is 0 Å². The lowest BCUT2D eigenvalue weighted by molar-refractivity contribution is 0.0981. The molecule has 2 unspecified atom stereocenters. The maximum atomic E-state index is 14.1. The molecule has 4 aromatic rings. The molecule has 1 heterocycles. The molecule has 0 fully saturated rings. The van der Waals surface area contributed by atoms with Gasteiger partial charge in [-0.3, -0.25) is 4.79 Å². The molecule has 0 amide bonds. The molecule has 0 aliphatic heterocycles. The summed E-state index contributed by atoms with van der Waals surface area (Å²) in [5, 5.41) is -0.341. The van der Waals surface area contributed by atoms with Crippen molar-refractivity contribution in [3.05, 3.63) is 131 Å². The van der Waals surface area contributed by atoms with Crippen LogP contribution in [0, 0.1) is 0 Å². The van der Waals surface area contributed by atoms with Gasteiger partial charge in [-0.05, 0) is 55.0 Å². The molecule has 5 rings (SSSR count). The van der Waals surface area contributed by atoms with Crippen LogP contribution in [-0.2, 0) is 23.7 Å². The standard InChI is InChI=1S/C31H29O2S/c32-29(25-16-6-2-7-17-25)31(30-28-21-11-10-18-26(28)23-33-30)34(27-19-8-3-9-20-27)22-12-15-24-13-4-1-5-14-24/h1-9,12-17,19-20,23,31H,10-11,18,21-22H2/q+1/b15-12+. The van der Waals surface area contributed by atoms with Crippen LogP contribution in [-0.4, -0.2) is 11.5 Å². The number of carbonyl (C=O) groups is 1. The third-order valence-electron chi connectivity index (χ3n) is 6.39. The van der Waals surface area contributed by atoms with Gasteiger partial charge in [-0.2, -0.15) is 0 Å². The number of ketones is 1. The molecule has 1 aliphatic carbocycles. The number of rotatable bonds is 8. The van der Waals surface area contributed by atoms with Crippen molar-refractivity contribution in [1.82, 2.24) is 0 Å². The highest BCUT2D eigenvalue weighted by molar-refractivity contribution is 7.98. The van der Waals surface area contributed by atoms with E-state index in [0.29, 0.717) is 0 Å². The molecule has 2 nitrogen and oxygen atoms in total. The first kappa shape index (κ1) is 22.5. The Bertz CT molecular complexity index is 1240. The molecule has 0 saturated heterocycles. The fourth-order valence-electron chi connectivity index (χ4n) is 4.67. The Morgan fingerprint density at radius 1 is 0.853 bits per heavy atom. The van der Waals surface area contributed by atoms with Crippen LogP contribution in [0.3, 0.4) is 0 Å². The molecule has 1 aliphatic rings. The van der Waals surface area contributed by atoms with E-state index in [9.17, 15) is 4.79 Å². The third-order valence-corrected chi connectivity index (χ3v) is 8.81. The van der Waals surface area contributed by atoms with Crippen molar-refractivity contribution in [2.24, 2.45) is 0 Å². The Morgan fingerprint density at radius 2 is 1.50 bits per heavy atom.